The molecule has 2 fully saturated rings. The van der Waals surface area contributed by atoms with Crippen LogP contribution in [0.5, 0.6) is 0 Å². The molecule has 2 aliphatic heterocycles. The molecule has 0 bridgehead atoms. The molecule has 2 heterocycles. The Morgan fingerprint density at radius 3 is 2.06 bits per heavy atom. The number of halogens is 1. The van der Waals surface area contributed by atoms with Crippen LogP contribution in [0.25, 0.3) is 0 Å². The first-order valence-electron chi connectivity index (χ1n) is 12.3. The van der Waals surface area contributed by atoms with Crippen LogP contribution in [0.2, 0.25) is 0 Å². The monoisotopic (exact) mass is 500 g/mol. The summed E-state index contributed by atoms with van der Waals surface area (Å²) in [7, 11) is 1.41. The van der Waals surface area contributed by atoms with Gasteiger partial charge in [-0.2, -0.15) is 0 Å². The van der Waals surface area contributed by atoms with Crippen molar-refractivity contribution in [2.24, 2.45) is 0 Å². The normalized spacial score (nSPS) is 17.6. The maximum Gasteiger partial charge on any atom is 0.338 e. The Kier molecular flexibility index (Phi) is 10.5. The van der Waals surface area contributed by atoms with Crippen LogP contribution in [0.3, 0.4) is 0 Å². The topological polar surface area (TPSA) is 56.3 Å². The second-order valence-electron chi connectivity index (χ2n) is 9.16. The Bertz CT molecular complexity index is 942. The lowest BCUT2D eigenvalue weighted by atomic mass is 10.1. The van der Waals surface area contributed by atoms with Crippen molar-refractivity contribution >= 4 is 24.3 Å². The number of carbonyl (C=O) groups is 2. The molecule has 190 valence electrons. The predicted octanol–water partition coefficient (Wildman–Crippen LogP) is 2.40. The van der Waals surface area contributed by atoms with Crippen LogP contribution in [-0.2, 0) is 22.5 Å². The van der Waals surface area contributed by atoms with Crippen LogP contribution in [0, 0.1) is 0 Å². The average Bonchev–Trinajstić information content (AvgIpc) is 2.89. The molecule has 0 radical (unpaired) electrons. The Morgan fingerprint density at radius 1 is 0.771 bits per heavy atom. The quantitative estimate of drug-likeness (QED) is 0.519. The fourth-order valence-corrected chi connectivity index (χ4v) is 4.76. The van der Waals surface area contributed by atoms with Crippen LogP contribution in [-0.4, -0.2) is 104 Å². The molecule has 1 amide bonds. The number of piperazine rings is 2. The minimum Gasteiger partial charge on any atom is -0.465 e. The van der Waals surface area contributed by atoms with Crippen molar-refractivity contribution in [1.29, 1.82) is 0 Å². The molecule has 0 saturated carbocycles. The molecule has 0 aromatic heterocycles. The number of carbonyl (C=O) groups excluding carboxylic acids is 2. The number of ether oxygens (including phenoxy) is 1. The van der Waals surface area contributed by atoms with E-state index in [9.17, 15) is 9.59 Å². The summed E-state index contributed by atoms with van der Waals surface area (Å²) >= 11 is 0. The minimum atomic E-state index is -0.301. The number of methoxy groups -OCH3 is 1. The first kappa shape index (κ1) is 27.1. The lowest BCUT2D eigenvalue weighted by Crippen LogP contribution is -2.53. The van der Waals surface area contributed by atoms with Crippen LogP contribution >= 0.6 is 12.4 Å². The van der Waals surface area contributed by atoms with Gasteiger partial charge in [-0.25, -0.2) is 4.79 Å². The van der Waals surface area contributed by atoms with Gasteiger partial charge in [0.25, 0.3) is 0 Å². The molecular formula is C27H37ClN4O3. The third kappa shape index (κ3) is 7.77. The van der Waals surface area contributed by atoms with Crippen molar-refractivity contribution in [2.75, 3.05) is 72.6 Å². The summed E-state index contributed by atoms with van der Waals surface area (Å²) in [5, 5.41) is 0. The van der Waals surface area contributed by atoms with E-state index in [1.807, 2.05) is 29.2 Å². The number of hydrogen-bond donors (Lipinski definition) is 0. The molecule has 8 heteroatoms. The summed E-state index contributed by atoms with van der Waals surface area (Å²) in [6.07, 6.45) is 1.08. The number of nitrogens with zero attached hydrogens (tertiary/aromatic N) is 4. The smallest absolute Gasteiger partial charge is 0.338 e. The Morgan fingerprint density at radius 2 is 1.37 bits per heavy atom. The van der Waals surface area contributed by atoms with E-state index in [1.54, 1.807) is 0 Å². The number of hydrogen-bond acceptors (Lipinski definition) is 6. The van der Waals surface area contributed by atoms with Gasteiger partial charge in [-0.3, -0.25) is 14.6 Å². The van der Waals surface area contributed by atoms with Crippen LogP contribution in [0.15, 0.2) is 54.6 Å². The van der Waals surface area contributed by atoms with Gasteiger partial charge in [0.1, 0.15) is 0 Å². The molecule has 7 nitrogen and oxygen atoms in total. The summed E-state index contributed by atoms with van der Waals surface area (Å²) in [5.74, 6) is -0.0723. The molecule has 0 atom stereocenters. The number of rotatable bonds is 8. The number of amides is 1. The number of benzene rings is 2. The van der Waals surface area contributed by atoms with E-state index in [1.165, 1.54) is 12.7 Å². The lowest BCUT2D eigenvalue weighted by Gasteiger charge is -2.38. The molecule has 0 unspecified atom stereocenters. The van der Waals surface area contributed by atoms with Gasteiger partial charge in [0.15, 0.2) is 0 Å². The summed E-state index contributed by atoms with van der Waals surface area (Å²) < 4.78 is 4.91. The van der Waals surface area contributed by atoms with Crippen LogP contribution in [0.1, 0.15) is 21.5 Å². The molecule has 2 aromatic carbocycles. The highest BCUT2D eigenvalue weighted by Crippen LogP contribution is 2.15. The zero-order valence-corrected chi connectivity index (χ0v) is 21.4. The van der Waals surface area contributed by atoms with Gasteiger partial charge in [-0.15, -0.1) is 12.4 Å². The van der Waals surface area contributed by atoms with Gasteiger partial charge >= 0.3 is 5.97 Å². The SMILES string of the molecule is COC(=O)c1ccccc1CN1CCN(C(=O)CN2CCN(CCc3ccccc3)CC2)CC1.Cl. The third-order valence-electron chi connectivity index (χ3n) is 6.92. The van der Waals surface area contributed by atoms with E-state index < -0.39 is 0 Å². The summed E-state index contributed by atoms with van der Waals surface area (Å²) in [6.45, 7) is 9.31. The highest BCUT2D eigenvalue weighted by molar-refractivity contribution is 5.90. The molecule has 0 N–H and O–H groups in total. The maximum absolute atomic E-state index is 12.9. The van der Waals surface area contributed by atoms with Gasteiger partial charge in [0, 0.05) is 65.4 Å². The molecule has 0 aliphatic carbocycles. The van der Waals surface area contributed by atoms with E-state index >= 15 is 0 Å². The average molecular weight is 501 g/mol. The first-order chi connectivity index (χ1) is 16.6. The van der Waals surface area contributed by atoms with Gasteiger partial charge < -0.3 is 14.5 Å². The first-order valence-corrected chi connectivity index (χ1v) is 12.3. The fraction of sp³-hybridized carbons (Fsp3) is 0.481. The standard InChI is InChI=1S/C27H36N4O3.ClH/c1-34-27(33)25-10-6-5-9-24(25)21-29-17-19-31(20-18-29)26(32)22-30-15-13-28(14-16-30)12-11-23-7-3-2-4-8-23;/h2-10H,11-22H2,1H3;1H. The van der Waals surface area contributed by atoms with Crippen molar-refractivity contribution in [3.63, 3.8) is 0 Å². The third-order valence-corrected chi connectivity index (χ3v) is 6.92. The molecule has 2 aromatic rings. The molecular weight excluding hydrogens is 464 g/mol. The summed E-state index contributed by atoms with van der Waals surface area (Å²) in [5.41, 5.74) is 2.97. The van der Waals surface area contributed by atoms with Crippen LogP contribution < -0.4 is 0 Å². The van der Waals surface area contributed by atoms with Crippen molar-refractivity contribution in [3.05, 3.63) is 71.3 Å². The van der Waals surface area contributed by atoms with Crippen molar-refractivity contribution in [2.45, 2.75) is 13.0 Å². The Balaban J connectivity index is 0.00000342. The van der Waals surface area contributed by atoms with Gasteiger partial charge in [-0.05, 0) is 23.6 Å². The van der Waals surface area contributed by atoms with E-state index in [2.05, 4.69) is 45.0 Å². The van der Waals surface area contributed by atoms with E-state index in [0.717, 1.165) is 70.9 Å². The molecule has 35 heavy (non-hydrogen) atoms. The zero-order chi connectivity index (χ0) is 23.8. The van der Waals surface area contributed by atoms with Crippen molar-refractivity contribution in [3.8, 4) is 0 Å². The minimum absolute atomic E-state index is 0. The van der Waals surface area contributed by atoms with Crippen molar-refractivity contribution < 1.29 is 14.3 Å². The van der Waals surface area contributed by atoms with Crippen LogP contribution in [0.4, 0.5) is 0 Å². The highest BCUT2D eigenvalue weighted by atomic mass is 35.5. The molecule has 2 aliphatic rings. The Hall–Kier alpha value is -2.45. The molecule has 2 saturated heterocycles. The van der Waals surface area contributed by atoms with Crippen molar-refractivity contribution in [1.82, 2.24) is 19.6 Å². The zero-order valence-electron chi connectivity index (χ0n) is 20.6. The van der Waals surface area contributed by atoms with Gasteiger partial charge in [0.2, 0.25) is 5.91 Å². The fourth-order valence-electron chi connectivity index (χ4n) is 4.76. The molecule has 0 spiro atoms. The number of esters is 1. The lowest BCUT2D eigenvalue weighted by molar-refractivity contribution is -0.134. The maximum atomic E-state index is 12.9. The Labute approximate surface area is 215 Å². The summed E-state index contributed by atoms with van der Waals surface area (Å²) in [4.78, 5) is 34.0. The van der Waals surface area contributed by atoms with E-state index in [0.29, 0.717) is 18.7 Å². The second-order valence-corrected chi connectivity index (χ2v) is 9.16. The molecule has 4 rings (SSSR count). The van der Waals surface area contributed by atoms with E-state index in [4.69, 9.17) is 4.74 Å². The highest BCUT2D eigenvalue weighted by Gasteiger charge is 2.25. The second kappa shape index (κ2) is 13.6. The predicted molar refractivity (Wildman–Crippen MR) is 140 cm³/mol. The van der Waals surface area contributed by atoms with Gasteiger partial charge in [0.05, 0.1) is 19.2 Å². The largest absolute Gasteiger partial charge is 0.465 e. The van der Waals surface area contributed by atoms with Gasteiger partial charge in [-0.1, -0.05) is 48.5 Å². The summed E-state index contributed by atoms with van der Waals surface area (Å²) in [6, 6.07) is 18.2. The van der Waals surface area contributed by atoms with E-state index in [-0.39, 0.29) is 24.3 Å².